The molecule has 2 aliphatic rings. The molecule has 31 heavy (non-hydrogen) atoms. The molecule has 1 fully saturated rings. The van der Waals surface area contributed by atoms with Gasteiger partial charge < -0.3 is 19.5 Å². The Balaban J connectivity index is 1.63. The molecule has 166 valence electrons. The second-order valence-corrected chi connectivity index (χ2v) is 8.10. The number of carbonyl (C=O) groups excluding carboxylic acids is 3. The van der Waals surface area contributed by atoms with Gasteiger partial charge in [0.2, 0.25) is 11.7 Å². The monoisotopic (exact) mass is 446 g/mol. The number of ether oxygens (including phenoxy) is 3. The molecule has 1 heterocycles. The van der Waals surface area contributed by atoms with Gasteiger partial charge in [0.15, 0.2) is 11.5 Å². The minimum absolute atomic E-state index is 0.0727. The second kappa shape index (κ2) is 10.4. The van der Waals surface area contributed by atoms with Crippen molar-refractivity contribution in [2.75, 3.05) is 34.4 Å². The molecule has 0 spiro atoms. The second-order valence-electron chi connectivity index (χ2n) is 7.11. The molecule has 0 radical (unpaired) electrons. The van der Waals surface area contributed by atoms with E-state index in [1.54, 1.807) is 18.2 Å². The van der Waals surface area contributed by atoms with Crippen LogP contribution in [0.25, 0.3) is 6.08 Å². The summed E-state index contributed by atoms with van der Waals surface area (Å²) in [4.78, 5) is 38.5. The molecule has 1 atom stereocenters. The summed E-state index contributed by atoms with van der Waals surface area (Å²) in [7, 11) is 4.52. The van der Waals surface area contributed by atoms with E-state index in [-0.39, 0.29) is 30.2 Å². The molecule has 1 aliphatic heterocycles. The summed E-state index contributed by atoms with van der Waals surface area (Å²) in [6, 6.07) is 3.40. The number of carbonyl (C=O) groups is 3. The predicted molar refractivity (Wildman–Crippen MR) is 118 cm³/mol. The zero-order valence-corrected chi connectivity index (χ0v) is 18.6. The van der Waals surface area contributed by atoms with Gasteiger partial charge in [0.05, 0.1) is 26.2 Å². The normalized spacial score (nSPS) is 19.3. The van der Waals surface area contributed by atoms with Crippen LogP contribution in [0.5, 0.6) is 17.2 Å². The Morgan fingerprint density at radius 1 is 1.19 bits per heavy atom. The average Bonchev–Trinajstić information content (AvgIpc) is 3.36. The summed E-state index contributed by atoms with van der Waals surface area (Å²) in [5, 5.41) is 2.43. The third-order valence-electron chi connectivity index (χ3n) is 5.08. The number of nitrogens with zero attached hydrogens (tertiary/aromatic N) is 1. The van der Waals surface area contributed by atoms with Crippen LogP contribution in [-0.2, 0) is 9.59 Å². The van der Waals surface area contributed by atoms with Crippen LogP contribution < -0.4 is 19.5 Å². The first kappa shape index (κ1) is 22.7. The molecule has 3 amide bonds. The topological polar surface area (TPSA) is 94.2 Å². The number of amides is 3. The lowest BCUT2D eigenvalue weighted by Crippen LogP contribution is -2.37. The molecule has 8 nitrogen and oxygen atoms in total. The van der Waals surface area contributed by atoms with Crippen molar-refractivity contribution in [3.05, 3.63) is 34.8 Å². The first-order valence-corrected chi connectivity index (χ1v) is 10.8. The van der Waals surface area contributed by atoms with Crippen LogP contribution in [0.3, 0.4) is 0 Å². The van der Waals surface area contributed by atoms with Crippen molar-refractivity contribution in [3.63, 3.8) is 0 Å². The lowest BCUT2D eigenvalue weighted by Gasteiger charge is -2.14. The van der Waals surface area contributed by atoms with Gasteiger partial charge in [-0.2, -0.15) is 0 Å². The van der Waals surface area contributed by atoms with E-state index in [2.05, 4.69) is 17.5 Å². The minimum atomic E-state index is -0.392. The maximum Gasteiger partial charge on any atom is 0.293 e. The fourth-order valence-electron chi connectivity index (χ4n) is 3.51. The maximum absolute atomic E-state index is 12.7. The van der Waals surface area contributed by atoms with E-state index in [4.69, 9.17) is 14.2 Å². The van der Waals surface area contributed by atoms with Gasteiger partial charge in [0.1, 0.15) is 0 Å². The van der Waals surface area contributed by atoms with Gasteiger partial charge in [-0.05, 0) is 54.3 Å². The Morgan fingerprint density at radius 2 is 1.90 bits per heavy atom. The molecule has 9 heteroatoms. The van der Waals surface area contributed by atoms with E-state index in [0.29, 0.717) is 34.1 Å². The van der Waals surface area contributed by atoms with E-state index < -0.39 is 5.91 Å². The van der Waals surface area contributed by atoms with Crippen LogP contribution >= 0.6 is 11.8 Å². The highest BCUT2D eigenvalue weighted by atomic mass is 32.2. The molecule has 1 N–H and O–H groups in total. The zero-order valence-electron chi connectivity index (χ0n) is 17.8. The van der Waals surface area contributed by atoms with Crippen LogP contribution in [0.15, 0.2) is 29.2 Å². The number of thioether (sulfide) groups is 1. The number of imide groups is 1. The summed E-state index contributed by atoms with van der Waals surface area (Å²) in [5.41, 5.74) is 0.637. The van der Waals surface area contributed by atoms with Gasteiger partial charge in [0, 0.05) is 19.5 Å². The van der Waals surface area contributed by atoms with E-state index in [1.807, 2.05) is 0 Å². The van der Waals surface area contributed by atoms with Crippen LogP contribution in [0.2, 0.25) is 0 Å². The van der Waals surface area contributed by atoms with Crippen molar-refractivity contribution >= 4 is 34.9 Å². The zero-order chi connectivity index (χ0) is 22.4. The Bertz CT molecular complexity index is 902. The third kappa shape index (κ3) is 5.41. The summed E-state index contributed by atoms with van der Waals surface area (Å²) in [6.07, 6.45) is 8.18. The maximum atomic E-state index is 12.7. The highest BCUT2D eigenvalue weighted by molar-refractivity contribution is 8.18. The Kier molecular flexibility index (Phi) is 7.62. The average molecular weight is 447 g/mol. The number of allylic oxidation sites excluding steroid dienone is 2. The lowest BCUT2D eigenvalue weighted by molar-refractivity contribution is -0.124. The summed E-state index contributed by atoms with van der Waals surface area (Å²) in [6.45, 7) is 0.355. The number of nitrogens with one attached hydrogen (secondary N) is 1. The number of benzene rings is 1. The van der Waals surface area contributed by atoms with Gasteiger partial charge in [-0.3, -0.25) is 19.3 Å². The summed E-state index contributed by atoms with van der Waals surface area (Å²) in [5.74, 6) is 1.16. The van der Waals surface area contributed by atoms with Crippen molar-refractivity contribution < 1.29 is 28.6 Å². The quantitative estimate of drug-likeness (QED) is 0.460. The molecular formula is C22H26N2O6S. The van der Waals surface area contributed by atoms with Crippen LogP contribution in [0.1, 0.15) is 24.8 Å². The van der Waals surface area contributed by atoms with Crippen molar-refractivity contribution in [3.8, 4) is 17.2 Å². The molecule has 1 saturated heterocycles. The van der Waals surface area contributed by atoms with Gasteiger partial charge in [-0.1, -0.05) is 12.2 Å². The summed E-state index contributed by atoms with van der Waals surface area (Å²) < 4.78 is 16.0. The summed E-state index contributed by atoms with van der Waals surface area (Å²) >= 11 is 0.862. The first-order chi connectivity index (χ1) is 15.0. The molecule has 0 bridgehead atoms. The van der Waals surface area contributed by atoms with E-state index in [0.717, 1.165) is 29.5 Å². The Morgan fingerprint density at radius 3 is 2.48 bits per heavy atom. The molecule has 1 unspecified atom stereocenters. The van der Waals surface area contributed by atoms with Crippen molar-refractivity contribution in [1.82, 2.24) is 10.2 Å². The van der Waals surface area contributed by atoms with Gasteiger partial charge in [-0.15, -0.1) is 0 Å². The van der Waals surface area contributed by atoms with Gasteiger partial charge >= 0.3 is 0 Å². The molecule has 1 aromatic rings. The first-order valence-electron chi connectivity index (χ1n) is 9.95. The van der Waals surface area contributed by atoms with E-state index in [9.17, 15) is 14.4 Å². The van der Waals surface area contributed by atoms with Gasteiger partial charge in [-0.25, -0.2) is 0 Å². The van der Waals surface area contributed by atoms with E-state index in [1.165, 1.54) is 21.3 Å². The predicted octanol–water partition coefficient (Wildman–Crippen LogP) is 3.22. The molecule has 1 aromatic carbocycles. The van der Waals surface area contributed by atoms with Crippen LogP contribution in [0.4, 0.5) is 4.79 Å². The van der Waals surface area contributed by atoms with E-state index >= 15 is 0 Å². The van der Waals surface area contributed by atoms with Crippen molar-refractivity contribution in [1.29, 1.82) is 0 Å². The molecular weight excluding hydrogens is 420 g/mol. The number of rotatable bonds is 9. The fourth-order valence-corrected chi connectivity index (χ4v) is 4.38. The van der Waals surface area contributed by atoms with Crippen LogP contribution in [0, 0.1) is 5.92 Å². The third-order valence-corrected chi connectivity index (χ3v) is 5.98. The molecule has 0 aromatic heterocycles. The highest BCUT2D eigenvalue weighted by Gasteiger charge is 2.34. The Labute approximate surface area is 185 Å². The minimum Gasteiger partial charge on any atom is -0.493 e. The molecule has 1 aliphatic carbocycles. The molecule has 3 rings (SSSR count). The van der Waals surface area contributed by atoms with Gasteiger partial charge in [0.25, 0.3) is 11.1 Å². The SMILES string of the molecule is COc1cc(/C=C2\SC(=O)N(CCNC(=O)CC3C=CCC3)C2=O)cc(OC)c1OC. The number of hydrogen-bond donors (Lipinski definition) is 1. The van der Waals surface area contributed by atoms with Crippen molar-refractivity contribution in [2.45, 2.75) is 19.3 Å². The smallest absolute Gasteiger partial charge is 0.293 e. The fraction of sp³-hybridized carbons (Fsp3) is 0.409. The van der Waals surface area contributed by atoms with Crippen LogP contribution in [-0.4, -0.2) is 56.4 Å². The lowest BCUT2D eigenvalue weighted by atomic mass is 10.1. The van der Waals surface area contributed by atoms with Crippen molar-refractivity contribution in [2.24, 2.45) is 5.92 Å². The molecule has 0 saturated carbocycles. The highest BCUT2D eigenvalue weighted by Crippen LogP contribution is 2.40. The Hall–Kier alpha value is -2.94. The number of methoxy groups -OCH3 is 3. The largest absolute Gasteiger partial charge is 0.493 e. The standard InChI is InChI=1S/C22H26N2O6S/c1-28-16-10-15(11-17(29-2)20(16)30-3)12-18-21(26)24(22(27)31-18)9-8-23-19(25)13-14-6-4-5-7-14/h4,6,10-12,14H,5,7-9,13H2,1-3H3,(H,23,25)/b18-12-. The number of hydrogen-bond acceptors (Lipinski definition) is 7.